The zero-order valence-electron chi connectivity index (χ0n) is 12.1. The van der Waals surface area contributed by atoms with Gasteiger partial charge in [-0.1, -0.05) is 30.7 Å². The van der Waals surface area contributed by atoms with Gasteiger partial charge >= 0.3 is 0 Å². The molecule has 4 rings (SSSR count). The third-order valence-corrected chi connectivity index (χ3v) is 4.29. The van der Waals surface area contributed by atoms with Crippen molar-refractivity contribution in [2.24, 2.45) is 0 Å². The minimum absolute atomic E-state index is 0.269. The van der Waals surface area contributed by atoms with Gasteiger partial charge in [0.25, 0.3) is 0 Å². The van der Waals surface area contributed by atoms with Crippen molar-refractivity contribution in [3.63, 3.8) is 0 Å². The Labute approximate surface area is 134 Å². The predicted molar refractivity (Wildman–Crippen MR) is 88.2 cm³/mol. The molecule has 3 aromatic rings. The van der Waals surface area contributed by atoms with Crippen molar-refractivity contribution in [3.05, 3.63) is 65.7 Å². The first kappa shape index (κ1) is 13.3. The zero-order chi connectivity index (χ0) is 15.1. The molecule has 1 aromatic heterocycles. The van der Waals surface area contributed by atoms with Gasteiger partial charge in [0.15, 0.2) is 0 Å². The second-order valence-corrected chi connectivity index (χ2v) is 5.97. The van der Waals surface area contributed by atoms with Gasteiger partial charge in [-0.25, -0.2) is 0 Å². The smallest absolute Gasteiger partial charge is 0.142 e. The van der Waals surface area contributed by atoms with Crippen LogP contribution in [0.5, 0.6) is 0 Å². The molecule has 0 amide bonds. The number of anilines is 2. The van der Waals surface area contributed by atoms with Crippen LogP contribution < -0.4 is 4.90 Å². The number of halogens is 1. The summed E-state index contributed by atoms with van der Waals surface area (Å²) in [5.74, 6) is 1.26. The number of hydrogen-bond acceptors (Lipinski definition) is 3. The van der Waals surface area contributed by atoms with Crippen molar-refractivity contribution in [1.29, 1.82) is 0 Å². The van der Waals surface area contributed by atoms with Crippen LogP contribution in [0.1, 0.15) is 18.7 Å². The van der Waals surface area contributed by atoms with Gasteiger partial charge in [-0.15, -0.1) is 10.2 Å². The molecule has 1 atom stereocenters. The number of nitrogens with zero attached hydrogens (tertiary/aromatic N) is 4. The number of hydrogen-bond donors (Lipinski definition) is 0. The molecule has 1 aliphatic rings. The van der Waals surface area contributed by atoms with Gasteiger partial charge < -0.3 is 4.90 Å². The number of para-hydroxylation sites is 2. The van der Waals surface area contributed by atoms with Crippen molar-refractivity contribution in [1.82, 2.24) is 14.8 Å². The molecule has 0 fully saturated rings. The van der Waals surface area contributed by atoms with Crippen LogP contribution in [-0.2, 0) is 0 Å². The molecule has 4 nitrogen and oxygen atoms in total. The quantitative estimate of drug-likeness (QED) is 0.676. The Balaban J connectivity index is 1.91. The van der Waals surface area contributed by atoms with Crippen molar-refractivity contribution in [3.8, 4) is 5.69 Å². The summed E-state index contributed by atoms with van der Waals surface area (Å²) >= 11 is 6.03. The van der Waals surface area contributed by atoms with E-state index in [-0.39, 0.29) is 5.92 Å². The monoisotopic (exact) mass is 310 g/mol. The van der Waals surface area contributed by atoms with Crippen LogP contribution in [0.3, 0.4) is 0 Å². The van der Waals surface area contributed by atoms with Crippen LogP contribution in [0.2, 0.25) is 5.02 Å². The molecule has 0 spiro atoms. The molecule has 0 N–H and O–H groups in total. The van der Waals surface area contributed by atoms with E-state index in [0.29, 0.717) is 0 Å². The van der Waals surface area contributed by atoms with E-state index in [2.05, 4.69) is 56.9 Å². The number of aromatic nitrogens is 3. The maximum atomic E-state index is 6.03. The Kier molecular flexibility index (Phi) is 3.12. The Morgan fingerprint density at radius 1 is 1.05 bits per heavy atom. The Morgan fingerprint density at radius 2 is 1.77 bits per heavy atom. The first-order valence-electron chi connectivity index (χ1n) is 7.26. The van der Waals surface area contributed by atoms with Crippen LogP contribution in [0.25, 0.3) is 5.69 Å². The average Bonchev–Trinajstić information content (AvgIpc) is 2.99. The van der Waals surface area contributed by atoms with Crippen LogP contribution in [0, 0.1) is 0 Å². The Morgan fingerprint density at radius 3 is 2.55 bits per heavy atom. The predicted octanol–water partition coefficient (Wildman–Crippen LogP) is 4.18. The summed E-state index contributed by atoms with van der Waals surface area (Å²) in [6.45, 7) is 3.02. The fourth-order valence-electron chi connectivity index (χ4n) is 2.98. The average molecular weight is 311 g/mol. The van der Waals surface area contributed by atoms with E-state index in [4.69, 9.17) is 11.6 Å². The second-order valence-electron chi connectivity index (χ2n) is 5.54. The molecule has 22 heavy (non-hydrogen) atoms. The standard InChI is InChI=1S/C17H15ClN4/c1-12-10-21(14-8-6-13(18)7-9-14)15-4-2-3-5-16(15)22-11-19-20-17(12)22/h2-9,11-12H,10H2,1H3. The van der Waals surface area contributed by atoms with E-state index in [9.17, 15) is 0 Å². The fourth-order valence-corrected chi connectivity index (χ4v) is 3.11. The number of rotatable bonds is 1. The van der Waals surface area contributed by atoms with Crippen LogP contribution in [-0.4, -0.2) is 21.3 Å². The highest BCUT2D eigenvalue weighted by Crippen LogP contribution is 2.37. The highest BCUT2D eigenvalue weighted by atomic mass is 35.5. The SMILES string of the molecule is CC1CN(c2ccc(Cl)cc2)c2ccccc2-n2cnnc21. The molecular weight excluding hydrogens is 296 g/mol. The minimum Gasteiger partial charge on any atom is -0.339 e. The van der Waals surface area contributed by atoms with E-state index in [0.717, 1.165) is 34.5 Å². The lowest BCUT2D eigenvalue weighted by molar-refractivity contribution is 0.697. The third kappa shape index (κ3) is 2.07. The molecule has 2 aromatic carbocycles. The maximum absolute atomic E-state index is 6.03. The van der Waals surface area contributed by atoms with E-state index >= 15 is 0 Å². The molecular formula is C17H15ClN4. The molecule has 1 unspecified atom stereocenters. The lowest BCUT2D eigenvalue weighted by atomic mass is 10.1. The third-order valence-electron chi connectivity index (χ3n) is 4.04. The highest BCUT2D eigenvalue weighted by molar-refractivity contribution is 6.30. The van der Waals surface area contributed by atoms with Crippen LogP contribution >= 0.6 is 11.6 Å². The molecule has 0 saturated carbocycles. The van der Waals surface area contributed by atoms with Crippen LogP contribution in [0.15, 0.2) is 54.9 Å². The summed E-state index contributed by atoms with van der Waals surface area (Å²) in [4.78, 5) is 2.31. The Hall–Kier alpha value is -2.33. The van der Waals surface area contributed by atoms with Gasteiger partial charge in [0, 0.05) is 23.2 Å². The molecule has 2 heterocycles. The maximum Gasteiger partial charge on any atom is 0.142 e. The fraction of sp³-hybridized carbons (Fsp3) is 0.176. The van der Waals surface area contributed by atoms with Gasteiger partial charge in [0.05, 0.1) is 11.4 Å². The summed E-state index contributed by atoms with van der Waals surface area (Å²) in [5.41, 5.74) is 3.37. The summed E-state index contributed by atoms with van der Waals surface area (Å²) in [6.07, 6.45) is 1.79. The molecule has 0 radical (unpaired) electrons. The molecule has 0 saturated heterocycles. The topological polar surface area (TPSA) is 34.0 Å². The number of fused-ring (bicyclic) bond motifs is 3. The molecule has 1 aliphatic heterocycles. The van der Waals surface area contributed by atoms with E-state index < -0.39 is 0 Å². The van der Waals surface area contributed by atoms with E-state index in [1.807, 2.05) is 18.2 Å². The van der Waals surface area contributed by atoms with Gasteiger partial charge in [-0.05, 0) is 36.4 Å². The zero-order valence-corrected chi connectivity index (χ0v) is 12.9. The van der Waals surface area contributed by atoms with Crippen molar-refractivity contribution >= 4 is 23.0 Å². The molecule has 0 aliphatic carbocycles. The summed E-state index contributed by atoms with van der Waals surface area (Å²) in [7, 11) is 0. The van der Waals surface area contributed by atoms with Crippen molar-refractivity contribution in [2.75, 3.05) is 11.4 Å². The normalized spacial score (nSPS) is 16.8. The molecule has 5 heteroatoms. The van der Waals surface area contributed by atoms with Gasteiger partial charge in [-0.2, -0.15) is 0 Å². The Bertz CT molecular complexity index is 810. The first-order valence-corrected chi connectivity index (χ1v) is 7.64. The highest BCUT2D eigenvalue weighted by Gasteiger charge is 2.26. The van der Waals surface area contributed by atoms with Crippen molar-refractivity contribution in [2.45, 2.75) is 12.8 Å². The van der Waals surface area contributed by atoms with Gasteiger partial charge in [0.2, 0.25) is 0 Å². The van der Waals surface area contributed by atoms with Gasteiger partial charge in [-0.3, -0.25) is 4.57 Å². The summed E-state index contributed by atoms with van der Waals surface area (Å²) < 4.78 is 2.08. The summed E-state index contributed by atoms with van der Waals surface area (Å²) in [5, 5.41) is 9.13. The van der Waals surface area contributed by atoms with Gasteiger partial charge in [0.1, 0.15) is 12.2 Å². The largest absolute Gasteiger partial charge is 0.339 e. The van der Waals surface area contributed by atoms with E-state index in [1.165, 1.54) is 0 Å². The van der Waals surface area contributed by atoms with Crippen LogP contribution in [0.4, 0.5) is 11.4 Å². The van der Waals surface area contributed by atoms with Crippen molar-refractivity contribution < 1.29 is 0 Å². The molecule has 0 bridgehead atoms. The molecule has 110 valence electrons. The lowest BCUT2D eigenvalue weighted by Crippen LogP contribution is -2.21. The first-order chi connectivity index (χ1) is 10.7. The summed E-state index contributed by atoms with van der Waals surface area (Å²) in [6, 6.07) is 16.3. The lowest BCUT2D eigenvalue weighted by Gasteiger charge is -2.26. The van der Waals surface area contributed by atoms with E-state index in [1.54, 1.807) is 6.33 Å². The minimum atomic E-state index is 0.269. The second kappa shape index (κ2) is 5.14. The number of benzene rings is 2.